The fraction of sp³-hybridized carbons (Fsp3) is 0.700. The van der Waals surface area contributed by atoms with E-state index in [0.717, 1.165) is 0 Å². The molecule has 1 amide bonds. The number of aliphatic carboxylic acids is 1. The molecule has 0 rings (SSSR count). The number of carbonyl (C=O) groups excluding carboxylic acids is 2. The molecule has 0 radical (unpaired) electrons. The average molecular weight is 230 g/mol. The van der Waals surface area contributed by atoms with E-state index in [4.69, 9.17) is 5.11 Å². The second-order valence-electron chi connectivity index (χ2n) is 3.61. The van der Waals surface area contributed by atoms with Crippen LogP contribution in [0.25, 0.3) is 0 Å². The summed E-state index contributed by atoms with van der Waals surface area (Å²) in [7, 11) is 1.57. The van der Waals surface area contributed by atoms with Crippen molar-refractivity contribution in [2.75, 3.05) is 7.05 Å². The molecule has 0 saturated carbocycles. The normalized spacial score (nSPS) is 13.9. The van der Waals surface area contributed by atoms with E-state index in [1.165, 1.54) is 6.92 Å². The van der Waals surface area contributed by atoms with Gasteiger partial charge in [0.25, 0.3) is 0 Å². The highest BCUT2D eigenvalue weighted by Crippen LogP contribution is 1.98. The summed E-state index contributed by atoms with van der Waals surface area (Å²) in [6.07, 6.45) is 0.107. The number of carbonyl (C=O) groups is 3. The van der Waals surface area contributed by atoms with Gasteiger partial charge in [0.05, 0.1) is 12.1 Å². The molecule has 0 bridgehead atoms. The van der Waals surface area contributed by atoms with Gasteiger partial charge in [0.1, 0.15) is 0 Å². The van der Waals surface area contributed by atoms with Crippen molar-refractivity contribution in [1.29, 1.82) is 0 Å². The molecular weight excluding hydrogens is 212 g/mol. The van der Waals surface area contributed by atoms with Gasteiger partial charge in [0.2, 0.25) is 5.91 Å². The van der Waals surface area contributed by atoms with E-state index in [9.17, 15) is 14.4 Å². The molecule has 0 fully saturated rings. The number of carboxylic acid groups (broad SMARTS) is 1. The smallest absolute Gasteiger partial charge is 0.303 e. The van der Waals surface area contributed by atoms with Gasteiger partial charge in [-0.1, -0.05) is 0 Å². The molecule has 92 valence electrons. The van der Waals surface area contributed by atoms with Crippen molar-refractivity contribution >= 4 is 17.7 Å². The fourth-order valence-corrected chi connectivity index (χ4v) is 1.09. The number of hydrogen-bond donors (Lipinski definition) is 3. The summed E-state index contributed by atoms with van der Waals surface area (Å²) >= 11 is 0. The van der Waals surface area contributed by atoms with Crippen LogP contribution in [-0.2, 0) is 14.4 Å². The fourth-order valence-electron chi connectivity index (χ4n) is 1.09. The number of likely N-dealkylation sites (N-methyl/N-ethyl adjacent to an activating group) is 1. The first-order chi connectivity index (χ1) is 7.38. The van der Waals surface area contributed by atoms with Crippen molar-refractivity contribution < 1.29 is 19.5 Å². The van der Waals surface area contributed by atoms with E-state index in [1.807, 2.05) is 0 Å². The van der Waals surface area contributed by atoms with Gasteiger partial charge in [0, 0.05) is 6.42 Å². The molecule has 0 aromatic carbocycles. The third-order valence-electron chi connectivity index (χ3n) is 2.28. The van der Waals surface area contributed by atoms with E-state index < -0.39 is 18.1 Å². The SMILES string of the molecule is CN[C@H](CCC(=O)O)C(=O)N[C@H](C)C(C)=O. The molecular formula is C10H18N2O4. The molecule has 3 N–H and O–H groups in total. The largest absolute Gasteiger partial charge is 0.481 e. The second kappa shape index (κ2) is 6.95. The van der Waals surface area contributed by atoms with Gasteiger partial charge in [-0.25, -0.2) is 0 Å². The maximum atomic E-state index is 11.6. The molecule has 6 heteroatoms. The van der Waals surface area contributed by atoms with Gasteiger partial charge in [-0.2, -0.15) is 0 Å². The number of carboxylic acids is 1. The molecule has 0 spiro atoms. The number of amides is 1. The first-order valence-electron chi connectivity index (χ1n) is 5.08. The minimum Gasteiger partial charge on any atom is -0.481 e. The van der Waals surface area contributed by atoms with Crippen molar-refractivity contribution in [3.8, 4) is 0 Å². The van der Waals surface area contributed by atoms with Crippen molar-refractivity contribution in [3.63, 3.8) is 0 Å². The van der Waals surface area contributed by atoms with E-state index in [0.29, 0.717) is 0 Å². The lowest BCUT2D eigenvalue weighted by atomic mass is 10.1. The van der Waals surface area contributed by atoms with Crippen LogP contribution in [0.1, 0.15) is 26.7 Å². The molecule has 16 heavy (non-hydrogen) atoms. The van der Waals surface area contributed by atoms with E-state index >= 15 is 0 Å². The van der Waals surface area contributed by atoms with Crippen LogP contribution < -0.4 is 10.6 Å². The summed E-state index contributed by atoms with van der Waals surface area (Å²) < 4.78 is 0. The number of rotatable bonds is 7. The molecule has 0 aliphatic heterocycles. The molecule has 2 atom stereocenters. The summed E-state index contributed by atoms with van der Waals surface area (Å²) in [6.45, 7) is 2.97. The molecule has 0 unspecified atom stereocenters. The Morgan fingerprint density at radius 1 is 1.31 bits per heavy atom. The van der Waals surface area contributed by atoms with Crippen molar-refractivity contribution in [2.24, 2.45) is 0 Å². The van der Waals surface area contributed by atoms with E-state index in [2.05, 4.69) is 10.6 Å². The Morgan fingerprint density at radius 2 is 1.88 bits per heavy atom. The standard InChI is InChI=1S/C10H18N2O4/c1-6(7(2)13)12-10(16)8(11-3)4-5-9(14)15/h6,8,11H,4-5H2,1-3H3,(H,12,16)(H,14,15)/t6-,8-/m1/s1. The molecule has 0 saturated heterocycles. The zero-order valence-electron chi connectivity index (χ0n) is 9.74. The van der Waals surface area contributed by atoms with Crippen LogP contribution in [0.2, 0.25) is 0 Å². The number of nitrogens with one attached hydrogen (secondary N) is 2. The lowest BCUT2D eigenvalue weighted by Crippen LogP contribution is -2.48. The van der Waals surface area contributed by atoms with Gasteiger partial charge in [-0.05, 0) is 27.3 Å². The molecule has 0 aromatic heterocycles. The second-order valence-corrected chi connectivity index (χ2v) is 3.61. The molecule has 0 aliphatic carbocycles. The summed E-state index contributed by atoms with van der Waals surface area (Å²) in [5.41, 5.74) is 0. The van der Waals surface area contributed by atoms with E-state index in [-0.39, 0.29) is 24.5 Å². The van der Waals surface area contributed by atoms with Gasteiger partial charge in [0.15, 0.2) is 5.78 Å². The van der Waals surface area contributed by atoms with Crippen molar-refractivity contribution in [3.05, 3.63) is 0 Å². The average Bonchev–Trinajstić information content (AvgIpc) is 2.17. The predicted molar refractivity (Wildman–Crippen MR) is 58.0 cm³/mol. The Kier molecular flexibility index (Phi) is 6.32. The van der Waals surface area contributed by atoms with Crippen LogP contribution in [0, 0.1) is 0 Å². The first-order valence-corrected chi connectivity index (χ1v) is 5.08. The monoisotopic (exact) mass is 230 g/mol. The number of hydrogen-bond acceptors (Lipinski definition) is 4. The highest BCUT2D eigenvalue weighted by atomic mass is 16.4. The Hall–Kier alpha value is -1.43. The third-order valence-corrected chi connectivity index (χ3v) is 2.28. The maximum absolute atomic E-state index is 11.6. The third kappa shape index (κ3) is 5.45. The molecule has 0 heterocycles. The summed E-state index contributed by atoms with van der Waals surface area (Å²) in [5, 5.41) is 13.7. The quantitative estimate of drug-likeness (QED) is 0.549. The van der Waals surface area contributed by atoms with E-state index in [1.54, 1.807) is 14.0 Å². The van der Waals surface area contributed by atoms with Crippen molar-refractivity contribution in [1.82, 2.24) is 10.6 Å². The van der Waals surface area contributed by atoms with Crippen molar-refractivity contribution in [2.45, 2.75) is 38.8 Å². The van der Waals surface area contributed by atoms with Gasteiger partial charge < -0.3 is 15.7 Å². The minimum absolute atomic E-state index is 0.0899. The maximum Gasteiger partial charge on any atom is 0.303 e. The molecule has 0 aliphatic rings. The van der Waals surface area contributed by atoms with Crippen LogP contribution in [0.15, 0.2) is 0 Å². The summed E-state index contributed by atoms with van der Waals surface area (Å²) in [4.78, 5) is 32.9. The Balaban J connectivity index is 4.20. The Morgan fingerprint density at radius 3 is 2.25 bits per heavy atom. The van der Waals surface area contributed by atoms with Crippen LogP contribution in [0.5, 0.6) is 0 Å². The molecule has 0 aromatic rings. The zero-order valence-corrected chi connectivity index (χ0v) is 9.74. The first kappa shape index (κ1) is 14.6. The highest BCUT2D eigenvalue weighted by molar-refractivity contribution is 5.89. The Labute approximate surface area is 94.4 Å². The lowest BCUT2D eigenvalue weighted by Gasteiger charge is -2.17. The molecule has 6 nitrogen and oxygen atoms in total. The highest BCUT2D eigenvalue weighted by Gasteiger charge is 2.20. The van der Waals surface area contributed by atoms with Crippen LogP contribution in [0.4, 0.5) is 0 Å². The number of Topliss-reactive ketones (excluding diaryl/α,β-unsaturated/α-hetero) is 1. The lowest BCUT2D eigenvalue weighted by molar-refractivity contribution is -0.137. The van der Waals surface area contributed by atoms with Gasteiger partial charge >= 0.3 is 5.97 Å². The Bertz CT molecular complexity index is 278. The van der Waals surface area contributed by atoms with Gasteiger partial charge in [-0.15, -0.1) is 0 Å². The topological polar surface area (TPSA) is 95.5 Å². The predicted octanol–water partition coefficient (Wildman–Crippen LogP) is -0.467. The minimum atomic E-state index is -0.951. The van der Waals surface area contributed by atoms with Crippen LogP contribution in [0.3, 0.4) is 0 Å². The van der Waals surface area contributed by atoms with Crippen LogP contribution >= 0.6 is 0 Å². The summed E-state index contributed by atoms with van der Waals surface area (Å²) in [5.74, 6) is -1.44. The van der Waals surface area contributed by atoms with Gasteiger partial charge in [-0.3, -0.25) is 14.4 Å². The van der Waals surface area contributed by atoms with Crippen LogP contribution in [-0.4, -0.2) is 41.9 Å². The summed E-state index contributed by atoms with van der Waals surface area (Å²) in [6, 6.07) is -1.13. The zero-order chi connectivity index (χ0) is 12.7. The number of ketones is 1.